The van der Waals surface area contributed by atoms with Gasteiger partial charge in [0.2, 0.25) is 5.91 Å². The van der Waals surface area contributed by atoms with Crippen LogP contribution in [0.1, 0.15) is 49.4 Å². The molecule has 1 aliphatic rings. The predicted octanol–water partition coefficient (Wildman–Crippen LogP) is 4.71. The molecule has 6 heteroatoms. The Morgan fingerprint density at radius 3 is 2.35 bits per heavy atom. The lowest BCUT2D eigenvalue weighted by molar-refractivity contribution is 0.0895. The number of ketones is 1. The largest absolute Gasteiger partial charge is 0.492 e. The van der Waals surface area contributed by atoms with Gasteiger partial charge in [0.05, 0.1) is 11.5 Å². The molecule has 0 saturated heterocycles. The second-order valence-electron chi connectivity index (χ2n) is 8.06. The number of carbonyl (C=O) groups excluding carboxylic acids is 2. The minimum atomic E-state index is -0.488. The number of benzene rings is 3. The Kier molecular flexibility index (Phi) is 5.79. The number of amides is 1. The Bertz CT molecular complexity index is 1320. The van der Waals surface area contributed by atoms with Crippen molar-refractivity contribution in [3.63, 3.8) is 0 Å². The van der Waals surface area contributed by atoms with Crippen molar-refractivity contribution in [1.29, 1.82) is 0 Å². The number of ether oxygens (including phenoxy) is 2. The number of hydrogen-bond donors (Lipinski definition) is 1. The molecule has 0 spiro atoms. The van der Waals surface area contributed by atoms with E-state index in [1.165, 1.54) is 0 Å². The van der Waals surface area contributed by atoms with Gasteiger partial charge >= 0.3 is 0 Å². The minimum Gasteiger partial charge on any atom is -0.492 e. The quantitative estimate of drug-likeness (QED) is 0.459. The van der Waals surface area contributed by atoms with Gasteiger partial charge in [-0.15, -0.1) is 0 Å². The first-order valence-electron chi connectivity index (χ1n) is 10.9. The van der Waals surface area contributed by atoms with Crippen molar-refractivity contribution in [2.45, 2.75) is 12.0 Å². The smallest absolute Gasteiger partial charge is 0.248 e. The Morgan fingerprint density at radius 2 is 1.65 bits per heavy atom. The Labute approximate surface area is 197 Å². The molecular formula is C28H22N2O4. The molecule has 0 bridgehead atoms. The number of nitrogens with zero attached hydrogens (tertiary/aromatic N) is 1. The van der Waals surface area contributed by atoms with Crippen LogP contribution in [0.3, 0.4) is 0 Å². The van der Waals surface area contributed by atoms with Crippen LogP contribution in [-0.2, 0) is 0 Å². The van der Waals surface area contributed by atoms with Gasteiger partial charge in [0.25, 0.3) is 0 Å². The summed E-state index contributed by atoms with van der Waals surface area (Å²) in [5.41, 5.74) is 9.01. The molecular weight excluding hydrogens is 428 g/mol. The zero-order chi connectivity index (χ0) is 23.5. The third-order valence-corrected chi connectivity index (χ3v) is 5.90. The van der Waals surface area contributed by atoms with Gasteiger partial charge in [0.1, 0.15) is 24.2 Å². The number of hydrogen-bond acceptors (Lipinski definition) is 5. The number of nitrogens with two attached hydrogens (primary N) is 1. The topological polar surface area (TPSA) is 91.5 Å². The van der Waals surface area contributed by atoms with E-state index in [9.17, 15) is 9.59 Å². The van der Waals surface area contributed by atoms with Gasteiger partial charge in [-0.1, -0.05) is 42.5 Å². The summed E-state index contributed by atoms with van der Waals surface area (Å²) in [5.74, 6) is 0.288. The standard InChI is InChI=1S/C28H22N2O4/c29-28(32)21-8-6-19(7-9-21)27(20-12-14-30-15-13-20)34-22-10-11-23-25(16-22)33-17-24(26(23)31)18-4-2-1-3-5-18/h1-16,24,27H,17H2,(H2,29,32)/t24?,27-/m1/s1. The zero-order valence-corrected chi connectivity index (χ0v) is 18.3. The van der Waals surface area contributed by atoms with Crippen molar-refractivity contribution in [3.8, 4) is 11.5 Å². The lowest BCUT2D eigenvalue weighted by Crippen LogP contribution is -2.26. The van der Waals surface area contributed by atoms with E-state index in [1.54, 1.807) is 42.7 Å². The van der Waals surface area contributed by atoms with Crippen LogP contribution in [0.5, 0.6) is 11.5 Å². The summed E-state index contributed by atoms with van der Waals surface area (Å²) >= 11 is 0. The van der Waals surface area contributed by atoms with E-state index < -0.39 is 12.0 Å². The number of carbonyl (C=O) groups is 2. The first kappa shape index (κ1) is 21.4. The van der Waals surface area contributed by atoms with Gasteiger partial charge in [-0.3, -0.25) is 14.6 Å². The third kappa shape index (κ3) is 4.26. The van der Waals surface area contributed by atoms with Crippen LogP contribution in [-0.4, -0.2) is 23.3 Å². The van der Waals surface area contributed by atoms with E-state index in [4.69, 9.17) is 15.2 Å². The number of fused-ring (bicyclic) bond motifs is 1. The van der Waals surface area contributed by atoms with Gasteiger partial charge in [0, 0.05) is 24.0 Å². The van der Waals surface area contributed by atoms with Crippen molar-refractivity contribution >= 4 is 11.7 Å². The average molecular weight is 450 g/mol. The summed E-state index contributed by atoms with van der Waals surface area (Å²) in [4.78, 5) is 28.7. The van der Waals surface area contributed by atoms with Gasteiger partial charge in [-0.05, 0) is 53.1 Å². The molecule has 6 nitrogen and oxygen atoms in total. The van der Waals surface area contributed by atoms with E-state index in [1.807, 2.05) is 54.6 Å². The molecule has 3 aromatic carbocycles. The number of Topliss-reactive ketones (excluding diaryl/α,β-unsaturated/α-hetero) is 1. The van der Waals surface area contributed by atoms with Crippen LogP contribution in [0.4, 0.5) is 0 Å². The fraction of sp³-hybridized carbons (Fsp3) is 0.107. The molecule has 4 aromatic rings. The molecule has 1 aromatic heterocycles. The molecule has 1 unspecified atom stereocenters. The van der Waals surface area contributed by atoms with Crippen LogP contribution in [0.15, 0.2) is 97.3 Å². The van der Waals surface area contributed by atoms with Gasteiger partial charge in [0.15, 0.2) is 5.78 Å². The van der Waals surface area contributed by atoms with E-state index in [2.05, 4.69) is 4.98 Å². The van der Waals surface area contributed by atoms with Crippen molar-refractivity contribution < 1.29 is 19.1 Å². The molecule has 0 radical (unpaired) electrons. The highest BCUT2D eigenvalue weighted by molar-refractivity contribution is 6.04. The average Bonchev–Trinajstić information content (AvgIpc) is 2.88. The fourth-order valence-electron chi connectivity index (χ4n) is 4.09. The summed E-state index contributed by atoms with van der Waals surface area (Å²) in [5, 5.41) is 0. The summed E-state index contributed by atoms with van der Waals surface area (Å²) in [6.45, 7) is 0.279. The summed E-state index contributed by atoms with van der Waals surface area (Å²) in [6, 6.07) is 25.6. The number of pyridine rings is 1. The van der Waals surface area contributed by atoms with Crippen LogP contribution < -0.4 is 15.2 Å². The predicted molar refractivity (Wildman–Crippen MR) is 127 cm³/mol. The summed E-state index contributed by atoms with van der Waals surface area (Å²) < 4.78 is 12.3. The molecule has 34 heavy (non-hydrogen) atoms. The SMILES string of the molecule is NC(=O)c1ccc([C@@H](Oc2ccc3c(c2)OCC(c2ccccc2)C3=O)c2ccncc2)cc1. The van der Waals surface area contributed by atoms with Gasteiger partial charge in [-0.2, -0.15) is 0 Å². The third-order valence-electron chi connectivity index (χ3n) is 5.90. The molecule has 0 aliphatic carbocycles. The molecule has 2 heterocycles. The first-order valence-corrected chi connectivity index (χ1v) is 10.9. The highest BCUT2D eigenvalue weighted by Crippen LogP contribution is 2.37. The molecule has 1 aliphatic heterocycles. The lowest BCUT2D eigenvalue weighted by Gasteiger charge is -2.26. The zero-order valence-electron chi connectivity index (χ0n) is 18.3. The summed E-state index contributed by atoms with van der Waals surface area (Å²) in [6.07, 6.45) is 2.93. The maximum Gasteiger partial charge on any atom is 0.248 e. The first-order chi connectivity index (χ1) is 16.6. The van der Waals surface area contributed by atoms with Crippen LogP contribution >= 0.6 is 0 Å². The molecule has 0 fully saturated rings. The Hall–Kier alpha value is -4.45. The van der Waals surface area contributed by atoms with Crippen molar-refractivity contribution in [2.75, 3.05) is 6.61 Å². The maximum absolute atomic E-state index is 13.1. The van der Waals surface area contributed by atoms with Crippen molar-refractivity contribution in [3.05, 3.63) is 125 Å². The second kappa shape index (κ2) is 9.19. The molecule has 2 N–H and O–H groups in total. The van der Waals surface area contributed by atoms with Crippen molar-refractivity contribution in [2.24, 2.45) is 5.73 Å². The molecule has 0 saturated carbocycles. The Balaban J connectivity index is 1.44. The van der Waals surface area contributed by atoms with E-state index in [0.29, 0.717) is 22.6 Å². The maximum atomic E-state index is 13.1. The molecule has 5 rings (SSSR count). The molecule has 168 valence electrons. The highest BCUT2D eigenvalue weighted by Gasteiger charge is 2.30. The Morgan fingerprint density at radius 1 is 0.941 bits per heavy atom. The van der Waals surface area contributed by atoms with Crippen LogP contribution in [0.2, 0.25) is 0 Å². The molecule has 1 amide bonds. The minimum absolute atomic E-state index is 0.0340. The molecule has 2 atom stereocenters. The van der Waals surface area contributed by atoms with E-state index >= 15 is 0 Å². The monoisotopic (exact) mass is 450 g/mol. The van der Waals surface area contributed by atoms with Crippen molar-refractivity contribution in [1.82, 2.24) is 4.98 Å². The number of rotatable bonds is 6. The van der Waals surface area contributed by atoms with E-state index in [0.717, 1.165) is 16.7 Å². The normalized spacial score (nSPS) is 15.6. The number of primary amides is 1. The highest BCUT2D eigenvalue weighted by atomic mass is 16.5. The van der Waals surface area contributed by atoms with Gasteiger partial charge in [-0.25, -0.2) is 0 Å². The van der Waals surface area contributed by atoms with E-state index in [-0.39, 0.29) is 18.3 Å². The lowest BCUT2D eigenvalue weighted by atomic mass is 9.89. The second-order valence-corrected chi connectivity index (χ2v) is 8.06. The fourth-order valence-corrected chi connectivity index (χ4v) is 4.09. The van der Waals surface area contributed by atoms with Gasteiger partial charge < -0.3 is 15.2 Å². The van der Waals surface area contributed by atoms with Crippen LogP contribution in [0, 0.1) is 0 Å². The number of aromatic nitrogens is 1. The summed E-state index contributed by atoms with van der Waals surface area (Å²) in [7, 11) is 0. The van der Waals surface area contributed by atoms with Crippen LogP contribution in [0.25, 0.3) is 0 Å².